The van der Waals surface area contributed by atoms with Crippen molar-refractivity contribution in [3.8, 4) is 0 Å². The molecule has 2 N–H and O–H groups in total. The van der Waals surface area contributed by atoms with Gasteiger partial charge in [-0.2, -0.15) is 12.7 Å². The zero-order chi connectivity index (χ0) is 14.5. The van der Waals surface area contributed by atoms with Crippen LogP contribution in [0.25, 0.3) is 0 Å². The summed E-state index contributed by atoms with van der Waals surface area (Å²) in [6.45, 7) is 11.9. The fourth-order valence-electron chi connectivity index (χ4n) is 2.10. The van der Waals surface area contributed by atoms with E-state index in [-0.39, 0.29) is 5.41 Å². The topological polar surface area (TPSA) is 61.4 Å². The summed E-state index contributed by atoms with van der Waals surface area (Å²) >= 11 is 0. The van der Waals surface area contributed by atoms with E-state index in [2.05, 4.69) is 17.0 Å². The third-order valence-electron chi connectivity index (χ3n) is 3.38. The summed E-state index contributed by atoms with van der Waals surface area (Å²) in [5.74, 6) is 0.606. The number of rotatable bonds is 6. The Morgan fingerprint density at radius 1 is 1.21 bits per heavy atom. The summed E-state index contributed by atoms with van der Waals surface area (Å²) in [6.07, 6.45) is 1.90. The molecule has 0 unspecified atom stereocenters. The maximum absolute atomic E-state index is 12.2. The average molecular weight is 291 g/mol. The molecule has 19 heavy (non-hydrogen) atoms. The summed E-state index contributed by atoms with van der Waals surface area (Å²) < 4.78 is 28.6. The molecule has 0 bridgehead atoms. The Kier molecular flexibility index (Phi) is 6.23. The molecule has 114 valence electrons. The van der Waals surface area contributed by atoms with Gasteiger partial charge in [0.1, 0.15) is 0 Å². The summed E-state index contributed by atoms with van der Waals surface area (Å²) in [5.41, 5.74) is -0.0313. The highest BCUT2D eigenvalue weighted by atomic mass is 32.2. The molecular formula is C13H29N3O2S. The highest BCUT2D eigenvalue weighted by molar-refractivity contribution is 7.87. The summed E-state index contributed by atoms with van der Waals surface area (Å²) in [5, 5.41) is 3.33. The SMILES string of the molecule is CCNCC1CCN(S(=O)(=O)NCC(C)(C)C)CC1. The molecule has 0 spiro atoms. The van der Waals surface area contributed by atoms with Gasteiger partial charge in [0.2, 0.25) is 0 Å². The Hall–Kier alpha value is -0.170. The van der Waals surface area contributed by atoms with Crippen molar-refractivity contribution in [1.82, 2.24) is 14.3 Å². The van der Waals surface area contributed by atoms with E-state index in [1.54, 1.807) is 4.31 Å². The largest absolute Gasteiger partial charge is 0.317 e. The molecule has 0 aromatic carbocycles. The lowest BCUT2D eigenvalue weighted by Gasteiger charge is -2.32. The minimum atomic E-state index is -3.30. The smallest absolute Gasteiger partial charge is 0.279 e. The van der Waals surface area contributed by atoms with Crippen molar-refractivity contribution < 1.29 is 8.42 Å². The molecule has 0 aliphatic carbocycles. The molecule has 1 rings (SSSR count). The van der Waals surface area contributed by atoms with Crippen LogP contribution in [-0.2, 0) is 10.2 Å². The zero-order valence-corrected chi connectivity index (χ0v) is 13.5. The van der Waals surface area contributed by atoms with Crippen LogP contribution in [0.2, 0.25) is 0 Å². The Bertz CT molecular complexity index is 355. The first-order valence-electron chi connectivity index (χ1n) is 7.20. The fraction of sp³-hybridized carbons (Fsp3) is 1.00. The van der Waals surface area contributed by atoms with Gasteiger partial charge in [0.25, 0.3) is 10.2 Å². The van der Waals surface area contributed by atoms with Gasteiger partial charge in [-0.15, -0.1) is 0 Å². The van der Waals surface area contributed by atoms with Gasteiger partial charge in [-0.25, -0.2) is 4.72 Å². The van der Waals surface area contributed by atoms with E-state index in [1.165, 1.54) is 0 Å². The van der Waals surface area contributed by atoms with E-state index in [9.17, 15) is 8.42 Å². The highest BCUT2D eigenvalue weighted by Gasteiger charge is 2.28. The summed E-state index contributed by atoms with van der Waals surface area (Å²) in [7, 11) is -3.30. The van der Waals surface area contributed by atoms with Crippen molar-refractivity contribution in [1.29, 1.82) is 0 Å². The molecule has 0 aromatic rings. The minimum Gasteiger partial charge on any atom is -0.317 e. The van der Waals surface area contributed by atoms with E-state index >= 15 is 0 Å². The predicted octanol–water partition coefficient (Wildman–Crippen LogP) is 1.19. The Balaban J connectivity index is 2.41. The van der Waals surface area contributed by atoms with Crippen molar-refractivity contribution in [3.63, 3.8) is 0 Å². The third-order valence-corrected chi connectivity index (χ3v) is 4.94. The van der Waals surface area contributed by atoms with Gasteiger partial charge in [-0.3, -0.25) is 0 Å². The Morgan fingerprint density at radius 3 is 2.26 bits per heavy atom. The molecule has 0 saturated carbocycles. The van der Waals surface area contributed by atoms with Crippen LogP contribution in [0, 0.1) is 11.3 Å². The maximum Gasteiger partial charge on any atom is 0.279 e. The lowest BCUT2D eigenvalue weighted by molar-refractivity contribution is 0.264. The molecule has 5 nitrogen and oxygen atoms in total. The van der Waals surface area contributed by atoms with Crippen LogP contribution < -0.4 is 10.0 Å². The van der Waals surface area contributed by atoms with Crippen LogP contribution in [0.3, 0.4) is 0 Å². The molecule has 1 aliphatic heterocycles. The van der Waals surface area contributed by atoms with Gasteiger partial charge in [-0.1, -0.05) is 27.7 Å². The van der Waals surface area contributed by atoms with Gasteiger partial charge in [0.15, 0.2) is 0 Å². The molecule has 6 heteroatoms. The average Bonchev–Trinajstić information content (AvgIpc) is 2.34. The van der Waals surface area contributed by atoms with Crippen LogP contribution in [-0.4, -0.2) is 45.4 Å². The molecule has 0 amide bonds. The van der Waals surface area contributed by atoms with Crippen LogP contribution in [0.5, 0.6) is 0 Å². The van der Waals surface area contributed by atoms with Crippen LogP contribution in [0.15, 0.2) is 0 Å². The Labute approximate surface area is 118 Å². The quantitative estimate of drug-likeness (QED) is 0.773. The van der Waals surface area contributed by atoms with Gasteiger partial charge < -0.3 is 5.32 Å². The maximum atomic E-state index is 12.2. The molecule has 0 radical (unpaired) electrons. The van der Waals surface area contributed by atoms with Gasteiger partial charge in [0.05, 0.1) is 0 Å². The molecule has 0 aromatic heterocycles. The minimum absolute atomic E-state index is 0.0313. The first-order chi connectivity index (χ1) is 8.74. The number of hydrogen-bond acceptors (Lipinski definition) is 3. The molecular weight excluding hydrogens is 262 g/mol. The van der Waals surface area contributed by atoms with E-state index in [0.29, 0.717) is 25.6 Å². The van der Waals surface area contributed by atoms with E-state index < -0.39 is 10.2 Å². The van der Waals surface area contributed by atoms with Gasteiger partial charge >= 0.3 is 0 Å². The summed E-state index contributed by atoms with van der Waals surface area (Å²) in [4.78, 5) is 0. The molecule has 1 heterocycles. The van der Waals surface area contributed by atoms with Crippen LogP contribution in [0.1, 0.15) is 40.5 Å². The second-order valence-corrected chi connectivity index (χ2v) is 8.29. The van der Waals surface area contributed by atoms with Crippen molar-refractivity contribution in [2.24, 2.45) is 11.3 Å². The number of nitrogens with one attached hydrogen (secondary N) is 2. The predicted molar refractivity (Wildman–Crippen MR) is 79.2 cm³/mol. The summed E-state index contributed by atoms with van der Waals surface area (Å²) in [6, 6.07) is 0. The fourth-order valence-corrected chi connectivity index (χ4v) is 3.59. The van der Waals surface area contributed by atoms with E-state index in [4.69, 9.17) is 0 Å². The lowest BCUT2D eigenvalue weighted by atomic mass is 9.98. The first-order valence-corrected chi connectivity index (χ1v) is 8.64. The van der Waals surface area contributed by atoms with Crippen LogP contribution >= 0.6 is 0 Å². The van der Waals surface area contributed by atoms with Crippen molar-refractivity contribution in [3.05, 3.63) is 0 Å². The number of piperidine rings is 1. The highest BCUT2D eigenvalue weighted by Crippen LogP contribution is 2.19. The first kappa shape index (κ1) is 16.9. The zero-order valence-electron chi connectivity index (χ0n) is 12.7. The van der Waals surface area contributed by atoms with Crippen LogP contribution in [0.4, 0.5) is 0 Å². The molecule has 1 aliphatic rings. The van der Waals surface area contributed by atoms with Gasteiger partial charge in [0, 0.05) is 19.6 Å². The van der Waals surface area contributed by atoms with Crippen molar-refractivity contribution >= 4 is 10.2 Å². The van der Waals surface area contributed by atoms with Crippen molar-refractivity contribution in [2.45, 2.75) is 40.5 Å². The van der Waals surface area contributed by atoms with Crippen molar-refractivity contribution in [2.75, 3.05) is 32.7 Å². The second kappa shape index (κ2) is 7.02. The third kappa shape index (κ3) is 6.21. The van der Waals surface area contributed by atoms with Gasteiger partial charge in [-0.05, 0) is 37.3 Å². The Morgan fingerprint density at radius 2 is 1.79 bits per heavy atom. The number of nitrogens with zero attached hydrogens (tertiary/aromatic N) is 1. The monoisotopic (exact) mass is 291 g/mol. The normalized spacial score (nSPS) is 19.8. The number of hydrogen-bond donors (Lipinski definition) is 2. The second-order valence-electron chi connectivity index (χ2n) is 6.54. The molecule has 1 saturated heterocycles. The lowest BCUT2D eigenvalue weighted by Crippen LogP contribution is -2.47. The van der Waals surface area contributed by atoms with E-state index in [0.717, 1.165) is 25.9 Å². The molecule has 0 atom stereocenters. The molecule has 1 fully saturated rings. The standard InChI is InChI=1S/C13H29N3O2S/c1-5-14-10-12-6-8-16(9-7-12)19(17,18)15-11-13(2,3)4/h12,14-15H,5-11H2,1-4H3. The van der Waals surface area contributed by atoms with E-state index in [1.807, 2.05) is 20.8 Å².